The first-order valence-electron chi connectivity index (χ1n) is 12.5. The van der Waals surface area contributed by atoms with Gasteiger partial charge in [0, 0.05) is 11.3 Å². The first-order chi connectivity index (χ1) is 17.5. The summed E-state index contributed by atoms with van der Waals surface area (Å²) in [7, 11) is 0. The van der Waals surface area contributed by atoms with Gasteiger partial charge in [-0.3, -0.25) is 15.0 Å². The van der Waals surface area contributed by atoms with Crippen LogP contribution in [0.2, 0.25) is 0 Å². The molecule has 3 aromatic rings. The van der Waals surface area contributed by atoms with Gasteiger partial charge in [-0.1, -0.05) is 42.5 Å². The zero-order valence-corrected chi connectivity index (χ0v) is 20.2. The largest absolute Gasteiger partial charge is 0.441 e. The molecule has 0 bridgehead atoms. The summed E-state index contributed by atoms with van der Waals surface area (Å²) < 4.78 is 5.40. The molecule has 3 aromatic carbocycles. The van der Waals surface area contributed by atoms with E-state index in [0.29, 0.717) is 12.5 Å². The maximum absolute atomic E-state index is 12.8. The zero-order chi connectivity index (χ0) is 24.8. The van der Waals surface area contributed by atoms with Crippen molar-refractivity contribution in [3.63, 3.8) is 0 Å². The third-order valence-corrected chi connectivity index (χ3v) is 7.64. The lowest BCUT2D eigenvalue weighted by atomic mass is 9.84. The van der Waals surface area contributed by atoms with E-state index >= 15 is 0 Å². The van der Waals surface area contributed by atoms with Crippen molar-refractivity contribution in [2.24, 2.45) is 0 Å². The predicted molar refractivity (Wildman–Crippen MR) is 138 cm³/mol. The fraction of sp³-hybridized carbons (Fsp3) is 0.310. The fourth-order valence-corrected chi connectivity index (χ4v) is 5.92. The van der Waals surface area contributed by atoms with E-state index in [-0.39, 0.29) is 12.0 Å². The maximum atomic E-state index is 12.8. The number of nitrogens with zero attached hydrogens (tertiary/aromatic N) is 1. The lowest BCUT2D eigenvalue weighted by molar-refractivity contribution is -0.117. The second-order valence-corrected chi connectivity index (χ2v) is 9.87. The van der Waals surface area contributed by atoms with Crippen LogP contribution >= 0.6 is 0 Å². The molecule has 184 valence electrons. The van der Waals surface area contributed by atoms with E-state index in [1.165, 1.54) is 5.56 Å². The molecule has 0 saturated carbocycles. The van der Waals surface area contributed by atoms with Crippen LogP contribution < -0.4 is 10.6 Å². The van der Waals surface area contributed by atoms with Crippen molar-refractivity contribution in [3.8, 4) is 11.1 Å². The number of benzene rings is 3. The average molecular weight is 484 g/mol. The maximum Gasteiger partial charge on any atom is 0.412 e. The molecule has 2 heterocycles. The highest BCUT2D eigenvalue weighted by molar-refractivity contribution is 5.94. The number of fused-ring (bicyclic) bond motifs is 4. The third-order valence-electron chi connectivity index (χ3n) is 7.64. The molecule has 0 radical (unpaired) electrons. The molecule has 3 N–H and O–H groups in total. The van der Waals surface area contributed by atoms with Crippen LogP contribution in [-0.2, 0) is 9.53 Å². The number of amides is 2. The summed E-state index contributed by atoms with van der Waals surface area (Å²) >= 11 is 0. The minimum absolute atomic E-state index is 0.0398. The van der Waals surface area contributed by atoms with E-state index in [0.717, 1.165) is 65.1 Å². The Hall–Kier alpha value is -3.68. The predicted octanol–water partition coefficient (Wildman–Crippen LogP) is 5.19. The number of hydrogen-bond donors (Lipinski definition) is 3. The number of ether oxygens (including phenoxy) is 1. The van der Waals surface area contributed by atoms with E-state index < -0.39 is 12.2 Å². The Balaban J connectivity index is 1.09. The Morgan fingerprint density at radius 2 is 1.78 bits per heavy atom. The quantitative estimate of drug-likeness (QED) is 0.475. The van der Waals surface area contributed by atoms with Gasteiger partial charge in [-0.15, -0.1) is 0 Å². The van der Waals surface area contributed by atoms with Gasteiger partial charge in [0.05, 0.1) is 12.2 Å². The van der Waals surface area contributed by atoms with Crippen LogP contribution in [0, 0.1) is 0 Å². The normalized spacial score (nSPS) is 21.1. The van der Waals surface area contributed by atoms with Crippen molar-refractivity contribution in [2.45, 2.75) is 37.9 Å². The summed E-state index contributed by atoms with van der Waals surface area (Å²) in [6, 6.07) is 19.6. The summed E-state index contributed by atoms with van der Waals surface area (Å²) in [4.78, 5) is 26.8. The molecule has 2 unspecified atom stereocenters. The van der Waals surface area contributed by atoms with Crippen LogP contribution in [0.5, 0.6) is 0 Å². The first kappa shape index (κ1) is 22.8. The van der Waals surface area contributed by atoms with E-state index in [1.54, 1.807) is 0 Å². The Kier molecular flexibility index (Phi) is 5.74. The zero-order valence-electron chi connectivity index (χ0n) is 20.2. The van der Waals surface area contributed by atoms with Crippen LogP contribution in [0.3, 0.4) is 0 Å². The smallest absolute Gasteiger partial charge is 0.412 e. The SMILES string of the molecule is CC1OC(=O)Nc2cccc(C3CCN(CC(=O)Nc4ccc5c(c4)-c4ccccc4C5O)CC3)c21. The molecule has 0 aromatic heterocycles. The molecule has 3 aliphatic rings. The molecule has 1 aliphatic carbocycles. The number of nitrogens with one attached hydrogen (secondary N) is 2. The molecule has 6 rings (SSSR count). The number of rotatable bonds is 4. The first-order valence-corrected chi connectivity index (χ1v) is 12.5. The van der Waals surface area contributed by atoms with Crippen molar-refractivity contribution in [2.75, 3.05) is 30.3 Å². The summed E-state index contributed by atoms with van der Waals surface area (Å²) in [6.45, 7) is 3.91. The minimum Gasteiger partial charge on any atom is -0.441 e. The van der Waals surface area contributed by atoms with Crippen molar-refractivity contribution in [1.29, 1.82) is 0 Å². The molecule has 7 heteroatoms. The lowest BCUT2D eigenvalue weighted by Crippen LogP contribution is -2.39. The fourth-order valence-electron chi connectivity index (χ4n) is 5.92. The van der Waals surface area contributed by atoms with Gasteiger partial charge in [-0.05, 0) is 84.8 Å². The van der Waals surface area contributed by atoms with Gasteiger partial charge in [-0.2, -0.15) is 0 Å². The van der Waals surface area contributed by atoms with E-state index in [9.17, 15) is 14.7 Å². The number of anilines is 2. The van der Waals surface area contributed by atoms with Crippen molar-refractivity contribution >= 4 is 23.4 Å². The Labute approximate surface area is 210 Å². The molecule has 1 saturated heterocycles. The van der Waals surface area contributed by atoms with Gasteiger partial charge in [-0.25, -0.2) is 4.79 Å². The van der Waals surface area contributed by atoms with Crippen LogP contribution in [0.15, 0.2) is 60.7 Å². The van der Waals surface area contributed by atoms with Crippen molar-refractivity contribution in [3.05, 3.63) is 82.9 Å². The topological polar surface area (TPSA) is 90.9 Å². The summed E-state index contributed by atoms with van der Waals surface area (Å²) in [5.74, 6) is 0.325. The lowest BCUT2D eigenvalue weighted by Gasteiger charge is -2.34. The molecular weight excluding hydrogens is 454 g/mol. The number of piperidine rings is 1. The van der Waals surface area contributed by atoms with Crippen LogP contribution in [-0.4, -0.2) is 41.6 Å². The standard InChI is InChI=1S/C29H29N3O4/c1-17-27-20(7-4-8-25(27)31-29(35)36-17)18-11-13-32(14-12-18)16-26(33)30-19-9-10-23-24(15-19)21-5-2-3-6-22(21)28(23)34/h2-10,15,17-18,28,34H,11-14,16H2,1H3,(H,30,33)(H,31,35). The molecule has 1 fully saturated rings. The molecule has 36 heavy (non-hydrogen) atoms. The van der Waals surface area contributed by atoms with Gasteiger partial charge in [0.25, 0.3) is 0 Å². The van der Waals surface area contributed by atoms with Gasteiger partial charge in [0.1, 0.15) is 12.2 Å². The number of aliphatic hydroxyl groups is 1. The summed E-state index contributed by atoms with van der Waals surface area (Å²) in [5, 5.41) is 16.5. The van der Waals surface area contributed by atoms with Crippen LogP contribution in [0.25, 0.3) is 11.1 Å². The Morgan fingerprint density at radius 3 is 2.61 bits per heavy atom. The van der Waals surface area contributed by atoms with Crippen molar-refractivity contribution in [1.82, 2.24) is 4.90 Å². The van der Waals surface area contributed by atoms with E-state index in [4.69, 9.17) is 4.74 Å². The Bertz CT molecular complexity index is 1350. The van der Waals surface area contributed by atoms with Gasteiger partial charge >= 0.3 is 6.09 Å². The van der Waals surface area contributed by atoms with Crippen molar-refractivity contribution < 1.29 is 19.4 Å². The second-order valence-electron chi connectivity index (χ2n) is 9.87. The number of likely N-dealkylation sites (tertiary alicyclic amines) is 1. The molecule has 2 aliphatic heterocycles. The molecule has 0 spiro atoms. The van der Waals surface area contributed by atoms with E-state index in [2.05, 4.69) is 21.6 Å². The Morgan fingerprint density at radius 1 is 1.03 bits per heavy atom. The molecule has 2 atom stereocenters. The highest BCUT2D eigenvalue weighted by atomic mass is 16.6. The monoisotopic (exact) mass is 483 g/mol. The van der Waals surface area contributed by atoms with E-state index in [1.807, 2.05) is 61.5 Å². The number of carbonyl (C=O) groups excluding carboxylic acids is 2. The average Bonchev–Trinajstić information content (AvgIpc) is 3.15. The highest BCUT2D eigenvalue weighted by Gasteiger charge is 2.31. The third kappa shape index (κ3) is 4.04. The van der Waals surface area contributed by atoms with Crippen LogP contribution in [0.4, 0.5) is 16.2 Å². The molecule has 2 amide bonds. The summed E-state index contributed by atoms with van der Waals surface area (Å²) in [6.07, 6.45) is 0.588. The molecule has 7 nitrogen and oxygen atoms in total. The van der Waals surface area contributed by atoms with Gasteiger partial charge in [0.2, 0.25) is 5.91 Å². The number of carbonyl (C=O) groups is 2. The highest BCUT2D eigenvalue weighted by Crippen LogP contribution is 2.44. The number of cyclic esters (lactones) is 1. The second kappa shape index (κ2) is 9.08. The van der Waals surface area contributed by atoms with Gasteiger partial charge < -0.3 is 15.2 Å². The van der Waals surface area contributed by atoms with Gasteiger partial charge in [0.15, 0.2) is 0 Å². The number of aliphatic hydroxyl groups excluding tert-OH is 1. The molecular formula is C29H29N3O4. The number of hydrogen-bond acceptors (Lipinski definition) is 5. The minimum atomic E-state index is -0.622. The summed E-state index contributed by atoms with van der Waals surface area (Å²) in [5.41, 5.74) is 7.63. The van der Waals surface area contributed by atoms with Crippen LogP contribution in [0.1, 0.15) is 60.1 Å².